The molecule has 6 heteroatoms. The van der Waals surface area contributed by atoms with Crippen molar-refractivity contribution in [2.75, 3.05) is 27.2 Å². The number of nitrogens with zero attached hydrogens (tertiary/aromatic N) is 1. The Labute approximate surface area is 96.0 Å². The minimum atomic E-state index is -1.20. The molecule has 0 saturated heterocycles. The van der Waals surface area contributed by atoms with Crippen LogP contribution in [0.4, 0.5) is 4.79 Å². The lowest BCUT2D eigenvalue weighted by atomic mass is 10.1. The van der Waals surface area contributed by atoms with E-state index in [9.17, 15) is 9.59 Å². The Bertz CT molecular complexity index is 254. The lowest BCUT2D eigenvalue weighted by molar-refractivity contribution is -0.146. The van der Waals surface area contributed by atoms with Gasteiger partial charge in [0.2, 0.25) is 0 Å². The van der Waals surface area contributed by atoms with E-state index in [1.807, 2.05) is 7.05 Å². The Morgan fingerprint density at radius 1 is 1.31 bits per heavy atom. The SMILES string of the molecule is CNCCCNC(=O)N(C)C(C)(C)C(=O)O. The minimum Gasteiger partial charge on any atom is -0.480 e. The minimum absolute atomic E-state index is 0.372. The monoisotopic (exact) mass is 231 g/mol. The van der Waals surface area contributed by atoms with E-state index in [0.29, 0.717) is 6.54 Å². The number of rotatable bonds is 6. The molecule has 0 rings (SSSR count). The normalized spacial score (nSPS) is 11.0. The van der Waals surface area contributed by atoms with Gasteiger partial charge >= 0.3 is 12.0 Å². The second-order valence-corrected chi connectivity index (χ2v) is 4.11. The summed E-state index contributed by atoms with van der Waals surface area (Å²) < 4.78 is 0. The zero-order valence-corrected chi connectivity index (χ0v) is 10.3. The van der Waals surface area contributed by atoms with E-state index in [0.717, 1.165) is 13.0 Å². The number of urea groups is 1. The maximum atomic E-state index is 11.6. The van der Waals surface area contributed by atoms with Gasteiger partial charge in [0.05, 0.1) is 0 Å². The molecular weight excluding hydrogens is 210 g/mol. The molecule has 0 heterocycles. The van der Waals surface area contributed by atoms with Crippen molar-refractivity contribution < 1.29 is 14.7 Å². The third-order valence-electron chi connectivity index (χ3n) is 2.55. The molecule has 2 amide bonds. The largest absolute Gasteiger partial charge is 0.480 e. The van der Waals surface area contributed by atoms with Crippen molar-refractivity contribution in [2.24, 2.45) is 0 Å². The van der Waals surface area contributed by atoms with Crippen LogP contribution < -0.4 is 10.6 Å². The fourth-order valence-corrected chi connectivity index (χ4v) is 0.976. The predicted octanol–water partition coefficient (Wildman–Crippen LogP) is 0.101. The molecule has 0 aromatic rings. The number of carboxylic acid groups (broad SMARTS) is 1. The number of amides is 2. The number of carboxylic acids is 1. The first-order valence-electron chi connectivity index (χ1n) is 5.23. The molecule has 0 saturated carbocycles. The Morgan fingerprint density at radius 2 is 1.88 bits per heavy atom. The first-order chi connectivity index (χ1) is 7.34. The highest BCUT2D eigenvalue weighted by Gasteiger charge is 2.34. The van der Waals surface area contributed by atoms with E-state index in [2.05, 4.69) is 10.6 Å². The molecule has 0 bridgehead atoms. The summed E-state index contributed by atoms with van der Waals surface area (Å²) >= 11 is 0. The number of hydrogen-bond donors (Lipinski definition) is 3. The van der Waals surface area contributed by atoms with Crippen LogP contribution in [0.3, 0.4) is 0 Å². The number of likely N-dealkylation sites (N-methyl/N-ethyl adjacent to an activating group) is 1. The van der Waals surface area contributed by atoms with Crippen molar-refractivity contribution in [2.45, 2.75) is 25.8 Å². The molecule has 0 fully saturated rings. The second-order valence-electron chi connectivity index (χ2n) is 4.11. The van der Waals surface area contributed by atoms with Crippen LogP contribution in [0.2, 0.25) is 0 Å². The van der Waals surface area contributed by atoms with Gasteiger partial charge in [-0.1, -0.05) is 0 Å². The maximum Gasteiger partial charge on any atom is 0.329 e. The molecule has 0 unspecified atom stereocenters. The van der Waals surface area contributed by atoms with Crippen LogP contribution in [0.1, 0.15) is 20.3 Å². The summed E-state index contributed by atoms with van der Waals surface area (Å²) in [7, 11) is 3.31. The highest BCUT2D eigenvalue weighted by molar-refractivity contribution is 5.85. The van der Waals surface area contributed by atoms with Crippen LogP contribution >= 0.6 is 0 Å². The summed E-state index contributed by atoms with van der Waals surface area (Å²) in [6, 6.07) is -0.372. The van der Waals surface area contributed by atoms with Gasteiger partial charge in [-0.3, -0.25) is 0 Å². The van der Waals surface area contributed by atoms with Gasteiger partial charge in [-0.15, -0.1) is 0 Å². The van der Waals surface area contributed by atoms with Crippen molar-refractivity contribution in [1.29, 1.82) is 0 Å². The average Bonchev–Trinajstić information content (AvgIpc) is 2.22. The lowest BCUT2D eigenvalue weighted by Gasteiger charge is -2.31. The van der Waals surface area contributed by atoms with Gasteiger partial charge in [-0.05, 0) is 33.9 Å². The number of carbonyl (C=O) groups excluding carboxylic acids is 1. The second kappa shape index (κ2) is 6.32. The van der Waals surface area contributed by atoms with Crippen LogP contribution in [0.15, 0.2) is 0 Å². The van der Waals surface area contributed by atoms with E-state index < -0.39 is 11.5 Å². The van der Waals surface area contributed by atoms with E-state index in [1.165, 1.54) is 25.8 Å². The molecule has 0 aliphatic rings. The lowest BCUT2D eigenvalue weighted by Crippen LogP contribution is -2.54. The number of nitrogens with one attached hydrogen (secondary N) is 2. The molecule has 0 aromatic heterocycles. The molecule has 6 nitrogen and oxygen atoms in total. The zero-order chi connectivity index (χ0) is 12.8. The van der Waals surface area contributed by atoms with Crippen LogP contribution in [0.5, 0.6) is 0 Å². The van der Waals surface area contributed by atoms with Crippen molar-refractivity contribution >= 4 is 12.0 Å². The van der Waals surface area contributed by atoms with E-state index in [-0.39, 0.29) is 6.03 Å². The summed E-state index contributed by atoms with van der Waals surface area (Å²) in [5.41, 5.74) is -1.20. The molecule has 0 atom stereocenters. The number of hydrogen-bond acceptors (Lipinski definition) is 3. The van der Waals surface area contributed by atoms with Crippen molar-refractivity contribution in [3.8, 4) is 0 Å². The molecule has 0 aliphatic heterocycles. The Balaban J connectivity index is 4.13. The fourth-order valence-electron chi connectivity index (χ4n) is 0.976. The molecule has 3 N–H and O–H groups in total. The van der Waals surface area contributed by atoms with Crippen LogP contribution in [-0.2, 0) is 4.79 Å². The summed E-state index contributed by atoms with van der Waals surface area (Å²) in [4.78, 5) is 23.7. The summed E-state index contributed by atoms with van der Waals surface area (Å²) in [6.07, 6.45) is 0.809. The molecule has 0 radical (unpaired) electrons. The van der Waals surface area contributed by atoms with Crippen LogP contribution in [-0.4, -0.2) is 54.7 Å². The van der Waals surface area contributed by atoms with Crippen LogP contribution in [0, 0.1) is 0 Å². The van der Waals surface area contributed by atoms with Crippen molar-refractivity contribution in [3.05, 3.63) is 0 Å². The molecule has 16 heavy (non-hydrogen) atoms. The van der Waals surface area contributed by atoms with Gasteiger partial charge in [0, 0.05) is 13.6 Å². The van der Waals surface area contributed by atoms with Gasteiger partial charge in [0.25, 0.3) is 0 Å². The molecule has 0 aliphatic carbocycles. The topological polar surface area (TPSA) is 81.7 Å². The van der Waals surface area contributed by atoms with Crippen molar-refractivity contribution in [3.63, 3.8) is 0 Å². The molecular formula is C10H21N3O3. The van der Waals surface area contributed by atoms with Gasteiger partial charge in [-0.2, -0.15) is 0 Å². The molecule has 0 aromatic carbocycles. The Hall–Kier alpha value is -1.30. The third-order valence-corrected chi connectivity index (χ3v) is 2.55. The summed E-state index contributed by atoms with van der Waals surface area (Å²) in [6.45, 7) is 4.32. The highest BCUT2D eigenvalue weighted by atomic mass is 16.4. The predicted molar refractivity (Wildman–Crippen MR) is 61.4 cm³/mol. The van der Waals surface area contributed by atoms with Gasteiger partial charge in [0.15, 0.2) is 0 Å². The number of aliphatic carboxylic acids is 1. The highest BCUT2D eigenvalue weighted by Crippen LogP contribution is 2.12. The molecule has 0 spiro atoms. The Morgan fingerprint density at radius 3 is 2.31 bits per heavy atom. The first kappa shape index (κ1) is 14.7. The van der Waals surface area contributed by atoms with Gasteiger partial charge in [0.1, 0.15) is 5.54 Å². The molecule has 94 valence electrons. The zero-order valence-electron chi connectivity index (χ0n) is 10.3. The van der Waals surface area contributed by atoms with E-state index in [4.69, 9.17) is 5.11 Å². The van der Waals surface area contributed by atoms with E-state index in [1.54, 1.807) is 0 Å². The Kier molecular flexibility index (Phi) is 5.81. The standard InChI is InChI=1S/C10H21N3O3/c1-10(2,8(14)15)13(4)9(16)12-7-5-6-11-3/h11H,5-7H2,1-4H3,(H,12,16)(H,14,15). The fraction of sp³-hybridized carbons (Fsp3) is 0.800. The third kappa shape index (κ3) is 4.06. The summed E-state index contributed by atoms with van der Waals surface area (Å²) in [5.74, 6) is -1.03. The quantitative estimate of drug-likeness (QED) is 0.566. The first-order valence-corrected chi connectivity index (χ1v) is 5.23. The van der Waals surface area contributed by atoms with Crippen LogP contribution in [0.25, 0.3) is 0 Å². The van der Waals surface area contributed by atoms with Gasteiger partial charge in [-0.25, -0.2) is 9.59 Å². The van der Waals surface area contributed by atoms with Gasteiger partial charge < -0.3 is 20.6 Å². The number of carbonyl (C=O) groups is 2. The van der Waals surface area contributed by atoms with E-state index >= 15 is 0 Å². The van der Waals surface area contributed by atoms with Crippen molar-refractivity contribution in [1.82, 2.24) is 15.5 Å². The maximum absolute atomic E-state index is 11.6. The summed E-state index contributed by atoms with van der Waals surface area (Å²) in [5, 5.41) is 14.6. The average molecular weight is 231 g/mol. The smallest absolute Gasteiger partial charge is 0.329 e.